The second-order valence-corrected chi connectivity index (χ2v) is 5.24. The summed E-state index contributed by atoms with van der Waals surface area (Å²) in [4.78, 5) is 0. The molecule has 1 N–H and O–H groups in total. The summed E-state index contributed by atoms with van der Waals surface area (Å²) in [5, 5.41) is 4.58. The lowest BCUT2D eigenvalue weighted by Crippen LogP contribution is -2.11. The van der Waals surface area contributed by atoms with Crippen LogP contribution in [0.15, 0.2) is 54.7 Å². The van der Waals surface area contributed by atoms with E-state index in [1.54, 1.807) is 0 Å². The Bertz CT molecular complexity index is 729. The van der Waals surface area contributed by atoms with Crippen LogP contribution >= 0.6 is 0 Å². The summed E-state index contributed by atoms with van der Waals surface area (Å²) in [6.07, 6.45) is 2.09. The van der Waals surface area contributed by atoms with Crippen LogP contribution in [0.3, 0.4) is 0 Å². The molecular formula is C18H19FN2. The molecule has 0 aliphatic heterocycles. The van der Waals surface area contributed by atoms with E-state index in [0.29, 0.717) is 0 Å². The Labute approximate surface area is 124 Å². The summed E-state index contributed by atoms with van der Waals surface area (Å²) in [6, 6.07) is 15.4. The Morgan fingerprint density at radius 1 is 1.00 bits per heavy atom. The van der Waals surface area contributed by atoms with E-state index < -0.39 is 0 Å². The average Bonchev–Trinajstić information content (AvgIpc) is 2.90. The molecule has 0 fully saturated rings. The summed E-state index contributed by atoms with van der Waals surface area (Å²) in [5.74, 6) is -0.191. The van der Waals surface area contributed by atoms with Crippen LogP contribution in [-0.2, 0) is 13.1 Å². The first-order valence-electron chi connectivity index (χ1n) is 7.29. The van der Waals surface area contributed by atoms with Crippen LogP contribution in [0.2, 0.25) is 0 Å². The molecule has 0 bridgehead atoms. The molecule has 0 radical (unpaired) electrons. The summed E-state index contributed by atoms with van der Waals surface area (Å²) >= 11 is 0. The van der Waals surface area contributed by atoms with Crippen molar-refractivity contribution < 1.29 is 4.39 Å². The first kappa shape index (κ1) is 13.8. The van der Waals surface area contributed by atoms with Gasteiger partial charge in [-0.2, -0.15) is 0 Å². The van der Waals surface area contributed by atoms with Crippen molar-refractivity contribution in [2.45, 2.75) is 20.0 Å². The molecular weight excluding hydrogens is 263 g/mol. The highest BCUT2D eigenvalue weighted by Crippen LogP contribution is 2.19. The van der Waals surface area contributed by atoms with Crippen molar-refractivity contribution in [2.75, 3.05) is 6.54 Å². The molecule has 2 aromatic carbocycles. The minimum atomic E-state index is -0.191. The fourth-order valence-corrected chi connectivity index (χ4v) is 2.55. The minimum Gasteiger partial charge on any atom is -0.343 e. The van der Waals surface area contributed by atoms with Gasteiger partial charge >= 0.3 is 0 Å². The maximum atomic E-state index is 13.0. The highest BCUT2D eigenvalue weighted by molar-refractivity contribution is 5.81. The Hall–Kier alpha value is -2.13. The number of rotatable bonds is 5. The van der Waals surface area contributed by atoms with Crippen LogP contribution in [0.5, 0.6) is 0 Å². The maximum Gasteiger partial charge on any atom is 0.123 e. The number of hydrogen-bond donors (Lipinski definition) is 1. The van der Waals surface area contributed by atoms with E-state index in [1.807, 2.05) is 12.1 Å². The number of aromatic nitrogens is 1. The summed E-state index contributed by atoms with van der Waals surface area (Å²) in [5.41, 5.74) is 3.61. The highest BCUT2D eigenvalue weighted by Gasteiger charge is 2.03. The predicted molar refractivity (Wildman–Crippen MR) is 84.8 cm³/mol. The number of nitrogens with one attached hydrogen (secondary N) is 1. The molecule has 0 spiro atoms. The number of benzene rings is 2. The van der Waals surface area contributed by atoms with Gasteiger partial charge in [0, 0.05) is 24.8 Å². The summed E-state index contributed by atoms with van der Waals surface area (Å²) < 4.78 is 15.1. The lowest BCUT2D eigenvalue weighted by molar-refractivity contribution is 0.626. The van der Waals surface area contributed by atoms with E-state index >= 15 is 0 Å². The minimum absolute atomic E-state index is 0.191. The normalized spacial score (nSPS) is 11.1. The van der Waals surface area contributed by atoms with Gasteiger partial charge in [-0.05, 0) is 53.4 Å². The van der Waals surface area contributed by atoms with Crippen LogP contribution in [0, 0.1) is 5.82 Å². The lowest BCUT2D eigenvalue weighted by atomic mass is 10.1. The molecule has 0 saturated carbocycles. The van der Waals surface area contributed by atoms with Gasteiger partial charge in [0.05, 0.1) is 0 Å². The largest absolute Gasteiger partial charge is 0.343 e. The van der Waals surface area contributed by atoms with Gasteiger partial charge in [0.15, 0.2) is 0 Å². The number of halogens is 1. The van der Waals surface area contributed by atoms with Crippen LogP contribution in [0.1, 0.15) is 18.1 Å². The molecule has 0 aliphatic carbocycles. The third kappa shape index (κ3) is 3.14. The van der Waals surface area contributed by atoms with E-state index in [4.69, 9.17) is 0 Å². The van der Waals surface area contributed by atoms with Crippen molar-refractivity contribution >= 4 is 10.9 Å². The van der Waals surface area contributed by atoms with Gasteiger partial charge in [0.2, 0.25) is 0 Å². The van der Waals surface area contributed by atoms with Crippen molar-refractivity contribution in [3.05, 3.63) is 71.7 Å². The van der Waals surface area contributed by atoms with Crippen LogP contribution < -0.4 is 5.32 Å². The molecule has 2 nitrogen and oxygen atoms in total. The summed E-state index contributed by atoms with van der Waals surface area (Å²) in [7, 11) is 0. The second kappa shape index (κ2) is 6.10. The van der Waals surface area contributed by atoms with Gasteiger partial charge in [0.25, 0.3) is 0 Å². The molecule has 0 saturated heterocycles. The van der Waals surface area contributed by atoms with E-state index in [9.17, 15) is 4.39 Å². The molecule has 0 amide bonds. The third-order valence-corrected chi connectivity index (χ3v) is 3.68. The molecule has 108 valence electrons. The zero-order chi connectivity index (χ0) is 14.7. The Balaban J connectivity index is 1.84. The monoisotopic (exact) mass is 282 g/mol. The highest BCUT2D eigenvalue weighted by atomic mass is 19.1. The van der Waals surface area contributed by atoms with Crippen LogP contribution in [0.4, 0.5) is 4.39 Å². The predicted octanol–water partition coefficient (Wildman–Crippen LogP) is 3.94. The van der Waals surface area contributed by atoms with Gasteiger partial charge in [-0.1, -0.05) is 25.1 Å². The van der Waals surface area contributed by atoms with Crippen molar-refractivity contribution in [2.24, 2.45) is 0 Å². The van der Waals surface area contributed by atoms with E-state index in [1.165, 1.54) is 28.6 Å². The molecule has 0 atom stereocenters. The fraction of sp³-hybridized carbons (Fsp3) is 0.222. The van der Waals surface area contributed by atoms with E-state index in [2.05, 4.69) is 47.3 Å². The molecule has 1 heterocycles. The quantitative estimate of drug-likeness (QED) is 0.750. The van der Waals surface area contributed by atoms with Crippen LogP contribution in [-0.4, -0.2) is 11.1 Å². The van der Waals surface area contributed by atoms with E-state index in [0.717, 1.165) is 25.2 Å². The smallest absolute Gasteiger partial charge is 0.123 e. The number of nitrogens with zero attached hydrogens (tertiary/aromatic N) is 1. The number of hydrogen-bond acceptors (Lipinski definition) is 1. The Kier molecular flexibility index (Phi) is 4.02. The molecule has 21 heavy (non-hydrogen) atoms. The van der Waals surface area contributed by atoms with Gasteiger partial charge < -0.3 is 9.88 Å². The van der Waals surface area contributed by atoms with Gasteiger partial charge in [0.1, 0.15) is 5.82 Å². The van der Waals surface area contributed by atoms with Crippen LogP contribution in [0.25, 0.3) is 10.9 Å². The molecule has 3 rings (SSSR count). The Morgan fingerprint density at radius 2 is 1.76 bits per heavy atom. The van der Waals surface area contributed by atoms with Crippen molar-refractivity contribution in [1.82, 2.24) is 9.88 Å². The third-order valence-electron chi connectivity index (χ3n) is 3.68. The van der Waals surface area contributed by atoms with Crippen molar-refractivity contribution in [1.29, 1.82) is 0 Å². The van der Waals surface area contributed by atoms with E-state index in [-0.39, 0.29) is 5.82 Å². The van der Waals surface area contributed by atoms with Crippen molar-refractivity contribution in [3.63, 3.8) is 0 Å². The first-order valence-corrected chi connectivity index (χ1v) is 7.29. The topological polar surface area (TPSA) is 17.0 Å². The second-order valence-electron chi connectivity index (χ2n) is 5.24. The fourth-order valence-electron chi connectivity index (χ4n) is 2.55. The Morgan fingerprint density at radius 3 is 2.52 bits per heavy atom. The van der Waals surface area contributed by atoms with Gasteiger partial charge in [-0.3, -0.25) is 0 Å². The summed E-state index contributed by atoms with van der Waals surface area (Å²) in [6.45, 7) is 4.74. The standard InChI is InChI=1S/C18H19FN2/c1-2-20-12-15-5-8-18-16(11-15)9-10-21(18)13-14-3-6-17(19)7-4-14/h3-11,20H,2,12-13H2,1H3. The SMILES string of the molecule is CCNCc1ccc2c(ccn2Cc2ccc(F)cc2)c1. The maximum absolute atomic E-state index is 13.0. The van der Waals surface area contributed by atoms with Gasteiger partial charge in [-0.25, -0.2) is 4.39 Å². The average molecular weight is 282 g/mol. The lowest BCUT2D eigenvalue weighted by Gasteiger charge is -2.07. The molecule has 3 aromatic rings. The molecule has 0 aliphatic rings. The molecule has 0 unspecified atom stereocenters. The number of fused-ring (bicyclic) bond motifs is 1. The van der Waals surface area contributed by atoms with Gasteiger partial charge in [-0.15, -0.1) is 0 Å². The first-order chi connectivity index (χ1) is 10.3. The zero-order valence-electron chi connectivity index (χ0n) is 12.1. The molecule has 3 heteroatoms. The zero-order valence-corrected chi connectivity index (χ0v) is 12.1. The van der Waals surface area contributed by atoms with Crippen molar-refractivity contribution in [3.8, 4) is 0 Å². The molecule has 1 aromatic heterocycles.